The van der Waals surface area contributed by atoms with Crippen LogP contribution in [0.25, 0.3) is 0 Å². The first-order valence-corrected chi connectivity index (χ1v) is 4.14. The average Bonchev–Trinajstić information content (AvgIpc) is 2.18. The minimum absolute atomic E-state index is 0.100. The van der Waals surface area contributed by atoms with Gasteiger partial charge in [0.1, 0.15) is 13.9 Å². The minimum Gasteiger partial charge on any atom is -0.480 e. The maximum absolute atomic E-state index is 13.2. The summed E-state index contributed by atoms with van der Waals surface area (Å²) in [4.78, 5) is 10.4. The predicted octanol–water partition coefficient (Wildman–Crippen LogP) is -0.287. The maximum Gasteiger partial charge on any atom is 0.320 e. The molecular weight excluding hydrogens is 203 g/mol. The summed E-state index contributed by atoms with van der Waals surface area (Å²) in [5, 5.41) is 8.49. The lowest BCUT2D eigenvalue weighted by Crippen LogP contribution is -2.33. The molecule has 0 heterocycles. The average molecular weight is 211 g/mol. The van der Waals surface area contributed by atoms with Crippen molar-refractivity contribution in [3.05, 3.63) is 29.3 Å². The Bertz CT molecular complexity index is 398. The number of carboxylic acids is 1. The molecule has 1 atom stereocenters. The van der Waals surface area contributed by atoms with Crippen molar-refractivity contribution < 1.29 is 18.7 Å². The third kappa shape index (κ3) is 2.53. The summed E-state index contributed by atoms with van der Waals surface area (Å²) in [6, 6.07) is 1.13. The highest BCUT2D eigenvalue weighted by atomic mass is 19.2. The molecular formula is C9H8BF2NO2. The van der Waals surface area contributed by atoms with E-state index in [9.17, 15) is 13.6 Å². The molecule has 0 amide bonds. The molecule has 3 N–H and O–H groups in total. The largest absolute Gasteiger partial charge is 0.480 e. The maximum atomic E-state index is 13.2. The molecule has 0 saturated heterocycles. The summed E-state index contributed by atoms with van der Waals surface area (Å²) in [6.45, 7) is 0. The first-order chi connectivity index (χ1) is 6.93. The lowest BCUT2D eigenvalue weighted by Gasteiger charge is -2.09. The molecule has 0 spiro atoms. The summed E-state index contributed by atoms with van der Waals surface area (Å²) in [6.07, 6.45) is -0.279. The molecule has 1 rings (SSSR count). The Morgan fingerprint density at radius 1 is 1.47 bits per heavy atom. The number of hydrogen-bond donors (Lipinski definition) is 2. The van der Waals surface area contributed by atoms with Crippen molar-refractivity contribution in [2.24, 2.45) is 5.73 Å². The third-order valence-corrected chi connectivity index (χ3v) is 1.95. The highest BCUT2D eigenvalue weighted by Gasteiger charge is 2.17. The van der Waals surface area contributed by atoms with E-state index in [4.69, 9.17) is 18.7 Å². The van der Waals surface area contributed by atoms with Crippen LogP contribution in [0.15, 0.2) is 12.1 Å². The third-order valence-electron chi connectivity index (χ3n) is 1.95. The van der Waals surface area contributed by atoms with Crippen LogP contribution in [-0.4, -0.2) is 25.0 Å². The van der Waals surface area contributed by atoms with Gasteiger partial charge >= 0.3 is 5.97 Å². The van der Waals surface area contributed by atoms with Crippen molar-refractivity contribution in [3.8, 4) is 0 Å². The van der Waals surface area contributed by atoms with Crippen molar-refractivity contribution in [2.45, 2.75) is 12.5 Å². The van der Waals surface area contributed by atoms with Crippen LogP contribution in [0, 0.1) is 11.6 Å². The molecule has 0 aliphatic heterocycles. The quantitative estimate of drug-likeness (QED) is 0.675. The number of rotatable bonds is 3. The Morgan fingerprint density at radius 2 is 2.07 bits per heavy atom. The summed E-state index contributed by atoms with van der Waals surface area (Å²) in [5.74, 6) is -3.59. The molecule has 0 aliphatic rings. The summed E-state index contributed by atoms with van der Waals surface area (Å²) in [5.41, 5.74) is 4.77. The van der Waals surface area contributed by atoms with Gasteiger partial charge in [-0.25, -0.2) is 8.78 Å². The number of carboxylic acid groups (broad SMARTS) is 1. The topological polar surface area (TPSA) is 63.3 Å². The zero-order valence-electron chi connectivity index (χ0n) is 7.71. The van der Waals surface area contributed by atoms with Gasteiger partial charge in [0, 0.05) is 6.42 Å². The van der Waals surface area contributed by atoms with E-state index in [1.807, 2.05) is 0 Å². The SMILES string of the molecule is [B]c1ccc(CC(N)C(=O)O)c(F)c1F. The second kappa shape index (κ2) is 4.40. The molecule has 0 aromatic heterocycles. The molecule has 1 aromatic carbocycles. The van der Waals surface area contributed by atoms with Gasteiger partial charge in [0.05, 0.1) is 0 Å². The van der Waals surface area contributed by atoms with Crippen molar-refractivity contribution in [2.75, 3.05) is 0 Å². The summed E-state index contributed by atoms with van der Waals surface area (Å²) in [7, 11) is 5.12. The molecule has 0 fully saturated rings. The zero-order valence-corrected chi connectivity index (χ0v) is 7.71. The van der Waals surface area contributed by atoms with Gasteiger partial charge < -0.3 is 10.8 Å². The van der Waals surface area contributed by atoms with Gasteiger partial charge in [-0.3, -0.25) is 4.79 Å². The molecule has 78 valence electrons. The van der Waals surface area contributed by atoms with Crippen molar-refractivity contribution in [3.63, 3.8) is 0 Å². The van der Waals surface area contributed by atoms with Gasteiger partial charge in [-0.15, -0.1) is 0 Å². The molecule has 0 aliphatic carbocycles. The molecule has 2 radical (unpaired) electrons. The fraction of sp³-hybridized carbons (Fsp3) is 0.222. The fourth-order valence-electron chi connectivity index (χ4n) is 1.09. The smallest absolute Gasteiger partial charge is 0.320 e. The van der Waals surface area contributed by atoms with Gasteiger partial charge in [-0.05, 0) is 5.56 Å². The van der Waals surface area contributed by atoms with Gasteiger partial charge in [-0.2, -0.15) is 0 Å². The summed E-state index contributed by atoms with van der Waals surface area (Å²) >= 11 is 0. The van der Waals surface area contributed by atoms with E-state index < -0.39 is 23.6 Å². The molecule has 3 nitrogen and oxygen atoms in total. The van der Waals surface area contributed by atoms with Gasteiger partial charge in [-0.1, -0.05) is 17.6 Å². The standard InChI is InChI=1S/C9H8BF2NO2/c10-5-2-1-4(7(11)8(5)12)3-6(13)9(14)15/h1-2,6H,3,13H2,(H,14,15). The van der Waals surface area contributed by atoms with Crippen LogP contribution in [0.4, 0.5) is 8.78 Å². The van der Waals surface area contributed by atoms with Crippen LogP contribution < -0.4 is 11.2 Å². The normalized spacial score (nSPS) is 12.5. The number of aliphatic carboxylic acids is 1. The number of halogens is 2. The number of benzene rings is 1. The van der Waals surface area contributed by atoms with Crippen LogP contribution in [-0.2, 0) is 11.2 Å². The minimum atomic E-state index is -1.27. The summed E-state index contributed by atoms with van der Waals surface area (Å²) < 4.78 is 26.1. The Balaban J connectivity index is 2.97. The molecule has 6 heteroatoms. The lowest BCUT2D eigenvalue weighted by molar-refractivity contribution is -0.138. The van der Waals surface area contributed by atoms with Gasteiger partial charge in [0.15, 0.2) is 11.6 Å². The van der Waals surface area contributed by atoms with E-state index in [0.717, 1.165) is 0 Å². The van der Waals surface area contributed by atoms with E-state index >= 15 is 0 Å². The number of hydrogen-bond acceptors (Lipinski definition) is 2. The first kappa shape index (κ1) is 11.6. The second-order valence-corrected chi connectivity index (χ2v) is 3.09. The van der Waals surface area contributed by atoms with Crippen LogP contribution in [0.5, 0.6) is 0 Å². The van der Waals surface area contributed by atoms with Crippen LogP contribution in [0.3, 0.4) is 0 Å². The van der Waals surface area contributed by atoms with E-state index in [0.29, 0.717) is 0 Å². The van der Waals surface area contributed by atoms with E-state index in [-0.39, 0.29) is 17.4 Å². The van der Waals surface area contributed by atoms with Gasteiger partial charge in [0.25, 0.3) is 0 Å². The first-order valence-electron chi connectivity index (χ1n) is 4.14. The molecule has 1 aromatic rings. The highest BCUT2D eigenvalue weighted by Crippen LogP contribution is 2.11. The van der Waals surface area contributed by atoms with Crippen LogP contribution in [0.1, 0.15) is 5.56 Å². The van der Waals surface area contributed by atoms with E-state index in [1.165, 1.54) is 12.1 Å². The molecule has 0 saturated carbocycles. The predicted molar refractivity (Wildman–Crippen MR) is 51.1 cm³/mol. The van der Waals surface area contributed by atoms with Crippen LogP contribution in [0.2, 0.25) is 0 Å². The Morgan fingerprint density at radius 3 is 2.60 bits per heavy atom. The fourth-order valence-corrected chi connectivity index (χ4v) is 1.09. The Kier molecular flexibility index (Phi) is 3.41. The van der Waals surface area contributed by atoms with Crippen molar-refractivity contribution in [1.29, 1.82) is 0 Å². The molecule has 15 heavy (non-hydrogen) atoms. The molecule has 1 unspecified atom stereocenters. The van der Waals surface area contributed by atoms with Crippen LogP contribution >= 0.6 is 0 Å². The van der Waals surface area contributed by atoms with E-state index in [2.05, 4.69) is 0 Å². The van der Waals surface area contributed by atoms with E-state index in [1.54, 1.807) is 0 Å². The van der Waals surface area contributed by atoms with Crippen molar-refractivity contribution >= 4 is 19.3 Å². The van der Waals surface area contributed by atoms with Crippen molar-refractivity contribution in [1.82, 2.24) is 0 Å². The molecule has 0 bridgehead atoms. The Labute approximate surface area is 86.3 Å². The number of nitrogens with two attached hydrogens (primary N) is 1. The number of carbonyl (C=O) groups is 1. The lowest BCUT2D eigenvalue weighted by atomic mass is 9.92. The van der Waals surface area contributed by atoms with Gasteiger partial charge in [0.2, 0.25) is 0 Å². The zero-order chi connectivity index (χ0) is 11.6. The monoisotopic (exact) mass is 211 g/mol. The highest BCUT2D eigenvalue weighted by molar-refractivity contribution is 6.32. The Hall–Kier alpha value is -1.43. The second-order valence-electron chi connectivity index (χ2n) is 3.09.